The van der Waals surface area contributed by atoms with Crippen LogP contribution in [0, 0.1) is 0 Å². The summed E-state index contributed by atoms with van der Waals surface area (Å²) < 4.78 is 0. The number of anilines is 2. The minimum atomic E-state index is 0.0807. The van der Waals surface area contributed by atoms with E-state index in [1.165, 1.54) is 42.5 Å². The number of nitrogen functional groups attached to an aromatic ring is 1. The number of fused-ring (bicyclic) bond motifs is 1. The van der Waals surface area contributed by atoms with Gasteiger partial charge in [-0.1, -0.05) is 6.42 Å². The Balaban J connectivity index is 1.62. The highest BCUT2D eigenvalue weighted by Crippen LogP contribution is 2.39. The van der Waals surface area contributed by atoms with E-state index in [2.05, 4.69) is 10.2 Å². The molecule has 1 saturated heterocycles. The number of rotatable bonds is 3. The number of thiophene rings is 1. The lowest BCUT2D eigenvalue weighted by Gasteiger charge is -2.25. The monoisotopic (exact) mass is 293 g/mol. The van der Waals surface area contributed by atoms with E-state index in [4.69, 9.17) is 5.73 Å². The lowest BCUT2D eigenvalue weighted by molar-refractivity contribution is -0.117. The first kappa shape index (κ1) is 13.9. The Morgan fingerprint density at radius 3 is 2.65 bits per heavy atom. The van der Waals surface area contributed by atoms with E-state index in [-0.39, 0.29) is 5.91 Å². The summed E-state index contributed by atoms with van der Waals surface area (Å²) in [5, 5.41) is 3.90. The molecule has 1 amide bonds. The van der Waals surface area contributed by atoms with Crippen LogP contribution in [0.4, 0.5) is 10.7 Å². The van der Waals surface area contributed by atoms with Crippen LogP contribution in [0.3, 0.4) is 0 Å². The Morgan fingerprint density at radius 2 is 1.90 bits per heavy atom. The highest BCUT2D eigenvalue weighted by Gasteiger charge is 2.21. The van der Waals surface area contributed by atoms with Crippen molar-refractivity contribution in [1.29, 1.82) is 0 Å². The van der Waals surface area contributed by atoms with Crippen molar-refractivity contribution in [2.45, 2.75) is 44.9 Å². The maximum atomic E-state index is 12.1. The lowest BCUT2D eigenvalue weighted by Crippen LogP contribution is -2.36. The second-order valence-electron chi connectivity index (χ2n) is 5.84. The van der Waals surface area contributed by atoms with E-state index in [0.717, 1.165) is 36.6 Å². The summed E-state index contributed by atoms with van der Waals surface area (Å²) in [6.07, 6.45) is 8.36. The average Bonchev–Trinajstić information content (AvgIpc) is 2.77. The highest BCUT2D eigenvalue weighted by molar-refractivity contribution is 7.17. The molecule has 1 aliphatic carbocycles. The van der Waals surface area contributed by atoms with E-state index in [0.29, 0.717) is 6.54 Å². The Bertz CT molecular complexity index is 492. The predicted octanol–water partition coefficient (Wildman–Crippen LogP) is 2.63. The number of carbonyl (C=O) groups excluding carboxylic acids is 1. The van der Waals surface area contributed by atoms with E-state index < -0.39 is 0 Å². The molecule has 20 heavy (non-hydrogen) atoms. The number of carbonyl (C=O) groups is 1. The van der Waals surface area contributed by atoms with Crippen molar-refractivity contribution >= 4 is 27.9 Å². The van der Waals surface area contributed by atoms with Crippen LogP contribution in [-0.2, 0) is 17.6 Å². The van der Waals surface area contributed by atoms with Crippen LogP contribution < -0.4 is 11.1 Å². The third-order valence-electron chi connectivity index (χ3n) is 4.28. The van der Waals surface area contributed by atoms with Gasteiger partial charge in [-0.05, 0) is 57.2 Å². The maximum absolute atomic E-state index is 12.1. The van der Waals surface area contributed by atoms with Gasteiger partial charge in [-0.2, -0.15) is 0 Å². The van der Waals surface area contributed by atoms with Crippen molar-refractivity contribution in [2.24, 2.45) is 0 Å². The number of nitrogens with zero attached hydrogens (tertiary/aromatic N) is 1. The van der Waals surface area contributed by atoms with Gasteiger partial charge >= 0.3 is 0 Å². The van der Waals surface area contributed by atoms with Gasteiger partial charge in [0.2, 0.25) is 5.91 Å². The summed E-state index contributed by atoms with van der Waals surface area (Å²) in [5.41, 5.74) is 8.29. The SMILES string of the molecule is Nc1c(NC(=O)CN2CCCCC2)sc2c1CCCC2. The first-order chi connectivity index (χ1) is 9.74. The molecule has 0 aromatic carbocycles. The second-order valence-corrected chi connectivity index (χ2v) is 6.94. The zero-order chi connectivity index (χ0) is 13.9. The summed E-state index contributed by atoms with van der Waals surface area (Å²) in [7, 11) is 0. The molecule has 3 rings (SSSR count). The Labute approximate surface area is 124 Å². The first-order valence-corrected chi connectivity index (χ1v) is 8.48. The van der Waals surface area contributed by atoms with Crippen LogP contribution >= 0.6 is 11.3 Å². The van der Waals surface area contributed by atoms with Crippen LogP contribution in [0.5, 0.6) is 0 Å². The highest BCUT2D eigenvalue weighted by atomic mass is 32.1. The van der Waals surface area contributed by atoms with Gasteiger partial charge in [0.25, 0.3) is 0 Å². The lowest BCUT2D eigenvalue weighted by atomic mass is 9.98. The summed E-state index contributed by atoms with van der Waals surface area (Å²) in [5.74, 6) is 0.0807. The molecule has 110 valence electrons. The number of nitrogens with one attached hydrogen (secondary N) is 1. The summed E-state index contributed by atoms with van der Waals surface area (Å²) in [6, 6.07) is 0. The van der Waals surface area contributed by atoms with Gasteiger partial charge in [0, 0.05) is 4.88 Å². The van der Waals surface area contributed by atoms with E-state index >= 15 is 0 Å². The first-order valence-electron chi connectivity index (χ1n) is 7.66. The molecule has 0 saturated carbocycles. The van der Waals surface area contributed by atoms with Crippen molar-refractivity contribution in [3.05, 3.63) is 10.4 Å². The fraction of sp³-hybridized carbons (Fsp3) is 0.667. The van der Waals surface area contributed by atoms with Crippen molar-refractivity contribution in [3.63, 3.8) is 0 Å². The zero-order valence-corrected chi connectivity index (χ0v) is 12.7. The Kier molecular flexibility index (Phi) is 4.27. The van der Waals surface area contributed by atoms with Crippen molar-refractivity contribution < 1.29 is 4.79 Å². The molecular formula is C15H23N3OS. The molecular weight excluding hydrogens is 270 g/mol. The number of aryl methyl sites for hydroxylation is 1. The molecule has 1 aliphatic heterocycles. The molecule has 2 aliphatic rings. The normalized spacial score (nSPS) is 19.6. The average molecular weight is 293 g/mol. The van der Waals surface area contributed by atoms with Crippen molar-refractivity contribution in [2.75, 3.05) is 30.7 Å². The van der Waals surface area contributed by atoms with E-state index in [9.17, 15) is 4.79 Å². The molecule has 4 nitrogen and oxygen atoms in total. The quantitative estimate of drug-likeness (QED) is 0.900. The second kappa shape index (κ2) is 6.14. The largest absolute Gasteiger partial charge is 0.396 e. The molecule has 0 unspecified atom stereocenters. The summed E-state index contributed by atoms with van der Waals surface area (Å²) in [4.78, 5) is 15.8. The fourth-order valence-electron chi connectivity index (χ4n) is 3.17. The van der Waals surface area contributed by atoms with Crippen LogP contribution in [0.25, 0.3) is 0 Å². The van der Waals surface area contributed by atoms with Gasteiger partial charge in [0.05, 0.1) is 12.2 Å². The minimum absolute atomic E-state index is 0.0807. The van der Waals surface area contributed by atoms with Crippen LogP contribution in [0.2, 0.25) is 0 Å². The molecule has 0 radical (unpaired) electrons. The van der Waals surface area contributed by atoms with Gasteiger partial charge in [-0.15, -0.1) is 11.3 Å². The number of nitrogens with two attached hydrogens (primary N) is 1. The molecule has 3 N–H and O–H groups in total. The molecule has 1 aromatic rings. The van der Waals surface area contributed by atoms with Gasteiger partial charge in [-0.3, -0.25) is 9.69 Å². The molecule has 2 heterocycles. The van der Waals surface area contributed by atoms with Gasteiger partial charge in [0.15, 0.2) is 0 Å². The summed E-state index contributed by atoms with van der Waals surface area (Å²) in [6.45, 7) is 2.59. The number of likely N-dealkylation sites (tertiary alicyclic amines) is 1. The number of hydrogen-bond acceptors (Lipinski definition) is 4. The van der Waals surface area contributed by atoms with E-state index in [1.54, 1.807) is 11.3 Å². The topological polar surface area (TPSA) is 58.4 Å². The fourth-order valence-corrected chi connectivity index (χ4v) is 4.40. The number of amides is 1. The molecule has 5 heteroatoms. The molecule has 0 bridgehead atoms. The molecule has 0 atom stereocenters. The Morgan fingerprint density at radius 1 is 1.15 bits per heavy atom. The van der Waals surface area contributed by atoms with Crippen LogP contribution in [0.1, 0.15) is 42.5 Å². The number of hydrogen-bond donors (Lipinski definition) is 2. The van der Waals surface area contributed by atoms with Gasteiger partial charge < -0.3 is 11.1 Å². The third kappa shape index (κ3) is 2.99. The molecule has 1 aromatic heterocycles. The number of piperidine rings is 1. The van der Waals surface area contributed by atoms with Gasteiger partial charge in [0.1, 0.15) is 5.00 Å². The smallest absolute Gasteiger partial charge is 0.239 e. The minimum Gasteiger partial charge on any atom is -0.396 e. The Hall–Kier alpha value is -1.07. The zero-order valence-electron chi connectivity index (χ0n) is 11.9. The van der Waals surface area contributed by atoms with Crippen molar-refractivity contribution in [3.8, 4) is 0 Å². The van der Waals surface area contributed by atoms with Crippen LogP contribution in [-0.4, -0.2) is 30.4 Å². The van der Waals surface area contributed by atoms with Crippen LogP contribution in [0.15, 0.2) is 0 Å². The molecule has 1 fully saturated rings. The summed E-state index contributed by atoms with van der Waals surface area (Å²) >= 11 is 1.68. The van der Waals surface area contributed by atoms with E-state index in [1.807, 2.05) is 0 Å². The standard InChI is InChI=1S/C15H23N3OS/c16-14-11-6-2-3-7-12(11)20-15(14)17-13(19)10-18-8-4-1-5-9-18/h1-10,16H2,(H,17,19). The third-order valence-corrected chi connectivity index (χ3v) is 5.50. The molecule has 0 spiro atoms. The van der Waals surface area contributed by atoms with Crippen molar-refractivity contribution in [1.82, 2.24) is 4.90 Å². The predicted molar refractivity (Wildman–Crippen MR) is 84.3 cm³/mol. The maximum Gasteiger partial charge on any atom is 0.239 e. The van der Waals surface area contributed by atoms with Gasteiger partial charge in [-0.25, -0.2) is 0 Å².